The Morgan fingerprint density at radius 3 is 2.21 bits per heavy atom. The summed E-state index contributed by atoms with van der Waals surface area (Å²) in [4.78, 5) is 11.8. The third-order valence-electron chi connectivity index (χ3n) is 5.20. The van der Waals surface area contributed by atoms with Gasteiger partial charge in [-0.15, -0.1) is 5.10 Å². The zero-order valence-corrected chi connectivity index (χ0v) is 20.8. The number of hydrogen-bond donors (Lipinski definition) is 1. The zero-order chi connectivity index (χ0) is 24.4. The Hall–Kier alpha value is -2.42. The Bertz CT molecular complexity index is 1250. The van der Waals surface area contributed by atoms with Crippen LogP contribution in [-0.2, 0) is 16.6 Å². The summed E-state index contributed by atoms with van der Waals surface area (Å²) in [5, 5.41) is 23.6. The number of ether oxygens (including phenoxy) is 1. The molecule has 4 rings (SSSR count). The number of carbonyl (C=O) groups is 1. The monoisotopic (exact) mass is 538 g/mol. The Balaban J connectivity index is 1.98. The van der Waals surface area contributed by atoms with Crippen LogP contribution in [0.15, 0.2) is 48.6 Å². The molecule has 0 amide bonds. The zero-order valence-electron chi connectivity index (χ0n) is 17.8. The smallest absolute Gasteiger partial charge is 0.309 e. The number of hydrogen-bond acceptors (Lipinski definition) is 6. The second kappa shape index (κ2) is 10.5. The minimum Gasteiger partial charge on any atom is -0.458 e. The Morgan fingerprint density at radius 1 is 1.09 bits per heavy atom. The lowest BCUT2D eigenvalue weighted by Crippen LogP contribution is -2.31. The molecular weight excluding hydrogens is 522 g/mol. The van der Waals surface area contributed by atoms with E-state index >= 15 is 0 Å². The van der Waals surface area contributed by atoms with E-state index in [0.717, 1.165) is 0 Å². The molecule has 7 nitrogen and oxygen atoms in total. The molecule has 1 saturated heterocycles. The summed E-state index contributed by atoms with van der Waals surface area (Å²) < 4.78 is 6.87. The third kappa shape index (κ3) is 5.45. The van der Waals surface area contributed by atoms with Gasteiger partial charge in [0.1, 0.15) is 6.10 Å². The van der Waals surface area contributed by atoms with E-state index in [2.05, 4.69) is 15.5 Å². The normalized spacial score (nSPS) is 18.2. The Morgan fingerprint density at radius 2 is 1.71 bits per heavy atom. The molecule has 176 valence electrons. The molecule has 0 unspecified atom stereocenters. The average molecular weight is 540 g/mol. The number of carbonyl (C=O) groups excluding carboxylic acids is 1. The van der Waals surface area contributed by atoms with Crippen molar-refractivity contribution in [2.45, 2.75) is 25.0 Å². The number of nitrogens with zero attached hydrogens (tertiary/aromatic N) is 4. The van der Waals surface area contributed by atoms with Gasteiger partial charge in [-0.3, -0.25) is 4.79 Å². The fraction of sp³-hybridized carbons (Fsp3) is 0.217. The number of benzene rings is 2. The van der Waals surface area contributed by atoms with Gasteiger partial charge in [0.05, 0.1) is 12.5 Å². The van der Waals surface area contributed by atoms with Crippen LogP contribution in [-0.4, -0.2) is 43.5 Å². The molecule has 2 atom stereocenters. The molecule has 1 fully saturated rings. The molecule has 1 N–H and O–H groups in total. The van der Waals surface area contributed by atoms with Crippen LogP contribution < -0.4 is 0 Å². The molecule has 0 spiro atoms. The minimum absolute atomic E-state index is 0.0355. The van der Waals surface area contributed by atoms with Crippen LogP contribution >= 0.6 is 46.4 Å². The highest BCUT2D eigenvalue weighted by molar-refractivity contribution is 6.38. The van der Waals surface area contributed by atoms with Gasteiger partial charge < -0.3 is 9.84 Å². The highest BCUT2D eigenvalue weighted by atomic mass is 35.5. The van der Waals surface area contributed by atoms with Crippen LogP contribution in [0.1, 0.15) is 29.8 Å². The third-order valence-corrected chi connectivity index (χ3v) is 6.29. The van der Waals surface area contributed by atoms with E-state index in [1.54, 1.807) is 55.6 Å². The van der Waals surface area contributed by atoms with Gasteiger partial charge in [0.2, 0.25) is 0 Å². The van der Waals surface area contributed by atoms with Crippen molar-refractivity contribution >= 4 is 63.5 Å². The van der Waals surface area contributed by atoms with Crippen molar-refractivity contribution in [2.75, 3.05) is 0 Å². The van der Waals surface area contributed by atoms with Crippen LogP contribution in [0.25, 0.3) is 11.1 Å². The molecule has 0 bridgehead atoms. The molecule has 1 aliphatic heterocycles. The molecule has 11 heteroatoms. The van der Waals surface area contributed by atoms with Gasteiger partial charge in [0, 0.05) is 55.8 Å². The van der Waals surface area contributed by atoms with Gasteiger partial charge in [-0.05, 0) is 40.8 Å². The highest BCUT2D eigenvalue weighted by Gasteiger charge is 2.26. The maximum atomic E-state index is 11.8. The van der Waals surface area contributed by atoms with E-state index in [9.17, 15) is 9.90 Å². The lowest BCUT2D eigenvalue weighted by atomic mass is 9.91. The summed E-state index contributed by atoms with van der Waals surface area (Å²) in [5.74, 6) is -0.0630. The molecule has 1 aliphatic rings. The van der Waals surface area contributed by atoms with Gasteiger partial charge in [-0.2, -0.15) is 0 Å². The van der Waals surface area contributed by atoms with Gasteiger partial charge in [-0.1, -0.05) is 64.6 Å². The highest BCUT2D eigenvalue weighted by Crippen LogP contribution is 2.40. The molecule has 1 aromatic heterocycles. The topological polar surface area (TPSA) is 90.1 Å². The van der Waals surface area contributed by atoms with Crippen molar-refractivity contribution < 1.29 is 14.6 Å². The molecule has 2 aromatic carbocycles. The summed E-state index contributed by atoms with van der Waals surface area (Å²) in [5.41, 5.74) is 2.41. The molecule has 0 aliphatic carbocycles. The van der Waals surface area contributed by atoms with E-state index in [1.807, 2.05) is 0 Å². The van der Waals surface area contributed by atoms with Crippen molar-refractivity contribution in [3.63, 3.8) is 0 Å². The number of halogens is 4. The Kier molecular flexibility index (Phi) is 7.60. The number of aromatic nitrogens is 4. The first-order chi connectivity index (χ1) is 16.2. The van der Waals surface area contributed by atoms with Gasteiger partial charge in [0.15, 0.2) is 5.82 Å². The number of aliphatic hydroxyl groups excluding tert-OH is 1. The Labute approximate surface area is 215 Å². The number of rotatable bonds is 5. The van der Waals surface area contributed by atoms with Gasteiger partial charge >= 0.3 is 5.97 Å². The van der Waals surface area contributed by atoms with Gasteiger partial charge in [-0.25, -0.2) is 4.68 Å². The predicted molar refractivity (Wildman–Crippen MR) is 132 cm³/mol. The summed E-state index contributed by atoms with van der Waals surface area (Å²) >= 11 is 25.5. The number of allylic oxidation sites excluding steroid dienone is 2. The first kappa shape index (κ1) is 24.7. The lowest BCUT2D eigenvalue weighted by Gasteiger charge is -2.23. The van der Waals surface area contributed by atoms with E-state index in [0.29, 0.717) is 48.2 Å². The minimum atomic E-state index is -0.782. The number of tetrazole rings is 1. The van der Waals surface area contributed by atoms with Crippen LogP contribution in [0.5, 0.6) is 0 Å². The average Bonchev–Trinajstić information content (AvgIpc) is 3.17. The van der Waals surface area contributed by atoms with Crippen molar-refractivity contribution in [3.05, 3.63) is 85.6 Å². The molecule has 2 heterocycles. The van der Waals surface area contributed by atoms with E-state index < -0.39 is 18.2 Å². The summed E-state index contributed by atoms with van der Waals surface area (Å²) in [6.45, 7) is 0. The fourth-order valence-electron chi connectivity index (χ4n) is 3.68. The van der Waals surface area contributed by atoms with Crippen LogP contribution in [0, 0.1) is 0 Å². The van der Waals surface area contributed by atoms with Crippen molar-refractivity contribution in [1.29, 1.82) is 0 Å². The molecular formula is C23H18Cl4N4O3. The number of cyclic esters (lactones) is 1. The summed E-state index contributed by atoms with van der Waals surface area (Å²) in [6.07, 6.45) is 2.23. The summed E-state index contributed by atoms with van der Waals surface area (Å²) in [6, 6.07) is 10.2. The lowest BCUT2D eigenvalue weighted by molar-refractivity contribution is -0.156. The molecule has 0 saturated carbocycles. The molecule has 3 aromatic rings. The summed E-state index contributed by atoms with van der Waals surface area (Å²) in [7, 11) is 1.69. The van der Waals surface area contributed by atoms with Crippen molar-refractivity contribution in [2.24, 2.45) is 7.05 Å². The van der Waals surface area contributed by atoms with E-state index in [-0.39, 0.29) is 12.8 Å². The number of aliphatic hydroxyl groups is 1. The molecule has 34 heavy (non-hydrogen) atoms. The van der Waals surface area contributed by atoms with E-state index in [1.165, 1.54) is 4.68 Å². The van der Waals surface area contributed by atoms with Crippen molar-refractivity contribution in [1.82, 2.24) is 20.2 Å². The number of esters is 1. The molecule has 0 radical (unpaired) electrons. The maximum absolute atomic E-state index is 11.8. The fourth-order valence-corrected chi connectivity index (χ4v) is 4.68. The quantitative estimate of drug-likeness (QED) is 0.344. The first-order valence-corrected chi connectivity index (χ1v) is 11.7. The van der Waals surface area contributed by atoms with Crippen LogP contribution in [0.2, 0.25) is 20.1 Å². The first-order valence-electron chi connectivity index (χ1n) is 10.2. The standard InChI is InChI=1S/C23H18Cl4N4O3/c1-31-23(28-29-30-31)18(7-4-15-10-14(32)11-21(33)34-15)22(16-5-2-12(24)8-19(16)26)17-6-3-13(25)9-20(17)27/h2-9,14-15,32H,10-11H2,1H3/b7-4+/t14-,15-/m1/s1. The van der Waals surface area contributed by atoms with Crippen LogP contribution in [0.4, 0.5) is 0 Å². The van der Waals surface area contributed by atoms with E-state index in [4.69, 9.17) is 51.1 Å². The van der Waals surface area contributed by atoms with Gasteiger partial charge in [0.25, 0.3) is 0 Å². The number of aryl methyl sites for hydroxylation is 1. The largest absolute Gasteiger partial charge is 0.458 e. The van der Waals surface area contributed by atoms with Crippen molar-refractivity contribution in [3.8, 4) is 0 Å². The SMILES string of the molecule is Cn1nnnc1C(/C=C/[C@@H]1C[C@@H](O)CC(=O)O1)=C(c1ccc(Cl)cc1Cl)c1ccc(Cl)cc1Cl. The predicted octanol–water partition coefficient (Wildman–Crippen LogP) is 5.41. The maximum Gasteiger partial charge on any atom is 0.309 e. The second-order valence-corrected chi connectivity index (χ2v) is 9.33. The van der Waals surface area contributed by atoms with Crippen LogP contribution in [0.3, 0.4) is 0 Å². The second-order valence-electron chi connectivity index (χ2n) is 7.64.